The zero-order valence-corrected chi connectivity index (χ0v) is 21.2. The summed E-state index contributed by atoms with van der Waals surface area (Å²) in [5.74, 6) is -1.65. The number of halogens is 3. The summed E-state index contributed by atoms with van der Waals surface area (Å²) in [5, 5.41) is 1.15. The molecule has 3 aromatic rings. The number of thiophene rings is 1. The molecular weight excluding hydrogens is 501 g/mol. The van der Waals surface area contributed by atoms with Crippen LogP contribution in [0.5, 0.6) is 0 Å². The Morgan fingerprint density at radius 2 is 1.65 bits per heavy atom. The lowest BCUT2D eigenvalue weighted by Crippen LogP contribution is -2.07. The van der Waals surface area contributed by atoms with Crippen LogP contribution in [-0.2, 0) is 15.5 Å². The van der Waals surface area contributed by atoms with E-state index in [0.29, 0.717) is 19.6 Å². The van der Waals surface area contributed by atoms with Gasteiger partial charge in [-0.15, -0.1) is 11.3 Å². The van der Waals surface area contributed by atoms with Gasteiger partial charge in [-0.25, -0.2) is 8.78 Å². The van der Waals surface area contributed by atoms with E-state index in [1.165, 1.54) is 16.8 Å². The van der Waals surface area contributed by atoms with Crippen molar-refractivity contribution in [1.29, 1.82) is 0 Å². The van der Waals surface area contributed by atoms with Crippen LogP contribution in [0.1, 0.15) is 55.6 Å². The lowest BCUT2D eigenvalue weighted by atomic mass is 10.1. The molecule has 1 unspecified atom stereocenters. The topological polar surface area (TPSA) is 18.5 Å². The monoisotopic (exact) mass is 528 g/mol. The Kier molecular flexibility index (Phi) is 9.86. The van der Waals surface area contributed by atoms with Crippen LogP contribution in [0.4, 0.5) is 8.78 Å². The van der Waals surface area contributed by atoms with Crippen LogP contribution in [0.15, 0.2) is 46.9 Å². The summed E-state index contributed by atoms with van der Waals surface area (Å²) in [4.78, 5) is 1.13. The maximum atomic E-state index is 13.9. The maximum Gasteiger partial charge on any atom is 0.179 e. The van der Waals surface area contributed by atoms with Crippen molar-refractivity contribution in [3.8, 4) is 0 Å². The molecule has 0 spiro atoms. The minimum Gasteiger partial charge on any atom is -0.334 e. The summed E-state index contributed by atoms with van der Waals surface area (Å²) in [5.41, 5.74) is 0.652. The van der Waals surface area contributed by atoms with E-state index >= 15 is 0 Å². The molecule has 1 heterocycles. The largest absolute Gasteiger partial charge is 0.334 e. The predicted octanol–water partition coefficient (Wildman–Crippen LogP) is 9.17. The van der Waals surface area contributed by atoms with Gasteiger partial charge >= 0.3 is 0 Å². The van der Waals surface area contributed by atoms with E-state index in [2.05, 4.69) is 41.9 Å². The van der Waals surface area contributed by atoms with E-state index in [1.54, 1.807) is 17.4 Å². The first-order chi connectivity index (χ1) is 15.0. The first-order valence-electron chi connectivity index (χ1n) is 10.7. The molecular formula is C24H28BrF2O2PS. The highest BCUT2D eigenvalue weighted by molar-refractivity contribution is 9.10. The van der Waals surface area contributed by atoms with E-state index in [9.17, 15) is 8.78 Å². The summed E-state index contributed by atoms with van der Waals surface area (Å²) in [7, 11) is -1.25. The molecule has 2 nitrogen and oxygen atoms in total. The minimum absolute atomic E-state index is 0.0830. The Labute approximate surface area is 197 Å². The second kappa shape index (κ2) is 12.4. The van der Waals surface area contributed by atoms with Crippen molar-refractivity contribution in [1.82, 2.24) is 0 Å². The Balaban J connectivity index is 1.99. The van der Waals surface area contributed by atoms with E-state index < -0.39 is 20.0 Å². The highest BCUT2D eigenvalue weighted by atomic mass is 79.9. The number of hydrogen-bond acceptors (Lipinski definition) is 3. The number of unbranched alkanes of at least 4 members (excludes halogenated alkanes) is 2. The van der Waals surface area contributed by atoms with Gasteiger partial charge in [-0.3, -0.25) is 0 Å². The summed E-state index contributed by atoms with van der Waals surface area (Å²) < 4.78 is 42.2. The molecule has 1 atom stereocenters. The number of rotatable bonds is 12. The van der Waals surface area contributed by atoms with Crippen molar-refractivity contribution >= 4 is 45.7 Å². The van der Waals surface area contributed by atoms with E-state index in [4.69, 9.17) is 9.05 Å². The maximum absolute atomic E-state index is 13.9. The van der Waals surface area contributed by atoms with Crippen LogP contribution < -0.4 is 0 Å². The zero-order chi connectivity index (χ0) is 22.2. The molecule has 0 aliphatic rings. The van der Waals surface area contributed by atoms with Crippen molar-refractivity contribution in [3.05, 3.63) is 69.0 Å². The second-order valence-electron chi connectivity index (χ2n) is 7.40. The predicted molar refractivity (Wildman–Crippen MR) is 131 cm³/mol. The molecule has 1 aromatic heterocycles. The second-order valence-corrected chi connectivity index (χ2v) is 11.0. The van der Waals surface area contributed by atoms with Crippen LogP contribution in [0, 0.1) is 11.6 Å². The Morgan fingerprint density at radius 3 is 2.26 bits per heavy atom. The van der Waals surface area contributed by atoms with Crippen LogP contribution >= 0.6 is 35.6 Å². The highest BCUT2D eigenvalue weighted by Gasteiger charge is 2.31. The SMILES string of the molecule is CCCCOP(OCCCC)C(Cc1ccc(F)c(F)c1)c1sc2ccccc2c1Br. The van der Waals surface area contributed by atoms with Crippen LogP contribution in [0.3, 0.4) is 0 Å². The van der Waals surface area contributed by atoms with E-state index in [0.717, 1.165) is 46.0 Å². The third-order valence-corrected chi connectivity index (χ3v) is 9.36. The summed E-state index contributed by atoms with van der Waals surface area (Å²) >= 11 is 5.51. The molecule has 0 saturated carbocycles. The first-order valence-corrected chi connectivity index (χ1v) is 13.6. The van der Waals surface area contributed by atoms with Gasteiger partial charge in [0.2, 0.25) is 0 Å². The third kappa shape index (κ3) is 6.55. The highest BCUT2D eigenvalue weighted by Crippen LogP contribution is 2.58. The molecule has 168 valence electrons. The zero-order valence-electron chi connectivity index (χ0n) is 17.9. The molecule has 0 aliphatic carbocycles. The number of benzene rings is 2. The Hall–Kier alpha value is -0.910. The molecule has 2 aromatic carbocycles. The summed E-state index contributed by atoms with van der Waals surface area (Å²) in [6.45, 7) is 5.52. The number of hydrogen-bond donors (Lipinski definition) is 0. The fourth-order valence-electron chi connectivity index (χ4n) is 3.22. The lowest BCUT2D eigenvalue weighted by Gasteiger charge is -2.26. The fraction of sp³-hybridized carbons (Fsp3) is 0.417. The Morgan fingerprint density at radius 1 is 0.968 bits per heavy atom. The normalized spacial score (nSPS) is 12.7. The van der Waals surface area contributed by atoms with Crippen LogP contribution in [0.2, 0.25) is 0 Å². The van der Waals surface area contributed by atoms with E-state index in [1.807, 2.05) is 12.1 Å². The molecule has 31 heavy (non-hydrogen) atoms. The van der Waals surface area contributed by atoms with Gasteiger partial charge in [-0.05, 0) is 59.0 Å². The van der Waals surface area contributed by atoms with Gasteiger partial charge in [0, 0.05) is 19.4 Å². The molecule has 0 fully saturated rings. The molecule has 0 radical (unpaired) electrons. The Bertz CT molecular complexity index is 971. The number of fused-ring (bicyclic) bond motifs is 1. The van der Waals surface area contributed by atoms with Crippen molar-refractivity contribution < 1.29 is 17.8 Å². The van der Waals surface area contributed by atoms with Gasteiger partial charge in [-0.1, -0.05) is 51.0 Å². The average Bonchev–Trinajstić information content (AvgIpc) is 3.10. The molecule has 0 aliphatic heterocycles. The smallest absolute Gasteiger partial charge is 0.179 e. The van der Waals surface area contributed by atoms with Crippen molar-refractivity contribution in [3.63, 3.8) is 0 Å². The van der Waals surface area contributed by atoms with Gasteiger partial charge in [0.1, 0.15) is 0 Å². The third-order valence-electron chi connectivity index (χ3n) is 4.96. The molecule has 0 amide bonds. The molecule has 3 rings (SSSR count). The molecule has 0 saturated heterocycles. The first kappa shape index (κ1) is 24.7. The minimum atomic E-state index is -1.25. The standard InChI is InChI=1S/C24H28BrF2O2PS/c1-3-5-13-28-30(29-14-6-4-2)21(16-17-11-12-19(26)20(27)15-17)24-23(25)18-9-7-8-10-22(18)31-24/h7-12,15,21H,3-6,13-14,16H2,1-2H3. The van der Waals surface area contributed by atoms with Gasteiger partial charge < -0.3 is 9.05 Å². The molecule has 0 bridgehead atoms. The van der Waals surface area contributed by atoms with E-state index in [-0.39, 0.29) is 5.66 Å². The lowest BCUT2D eigenvalue weighted by molar-refractivity contribution is 0.236. The van der Waals surface area contributed by atoms with Crippen LogP contribution in [-0.4, -0.2) is 13.2 Å². The summed E-state index contributed by atoms with van der Waals surface area (Å²) in [6, 6.07) is 12.4. The van der Waals surface area contributed by atoms with Crippen molar-refractivity contribution in [2.45, 2.75) is 51.6 Å². The van der Waals surface area contributed by atoms with Crippen molar-refractivity contribution in [2.75, 3.05) is 13.2 Å². The average molecular weight is 529 g/mol. The molecule has 7 heteroatoms. The van der Waals surface area contributed by atoms with Gasteiger partial charge in [-0.2, -0.15) is 0 Å². The van der Waals surface area contributed by atoms with Gasteiger partial charge in [0.25, 0.3) is 0 Å². The fourth-order valence-corrected chi connectivity index (χ4v) is 7.62. The van der Waals surface area contributed by atoms with Gasteiger partial charge in [0.05, 0.1) is 18.9 Å². The quantitative estimate of drug-likeness (QED) is 0.172. The molecule has 0 N–H and O–H groups in total. The van der Waals surface area contributed by atoms with Gasteiger partial charge in [0.15, 0.2) is 20.0 Å². The van der Waals surface area contributed by atoms with Crippen molar-refractivity contribution in [2.24, 2.45) is 0 Å². The summed E-state index contributed by atoms with van der Waals surface area (Å²) in [6.07, 6.45) is 4.52. The van der Waals surface area contributed by atoms with Crippen LogP contribution in [0.25, 0.3) is 10.1 Å².